The Labute approximate surface area is 355 Å². The number of phosphoric acid groups is 3. The molecule has 0 spiro atoms. The molecular weight excluding hydrogens is 897 g/mol. The molecule has 3 unspecified atom stereocenters. The molecule has 29 heteroatoms. The minimum atomic E-state index is -5.98. The highest BCUT2D eigenvalue weighted by atomic mass is 31.3. The summed E-state index contributed by atoms with van der Waals surface area (Å²) in [7, 11) is -17.3. The molecule has 2 saturated heterocycles. The fourth-order valence-electron chi connectivity index (χ4n) is 6.88. The van der Waals surface area contributed by atoms with Crippen molar-refractivity contribution >= 4 is 57.4 Å². The van der Waals surface area contributed by atoms with Gasteiger partial charge in [-0.1, -0.05) is 60.7 Å². The molecule has 2 aliphatic rings. The van der Waals surface area contributed by atoms with Gasteiger partial charge >= 0.3 is 23.5 Å². The van der Waals surface area contributed by atoms with E-state index in [-0.39, 0.29) is 47.2 Å². The molecule has 6 aromatic rings. The van der Waals surface area contributed by atoms with E-state index in [1.165, 1.54) is 34.4 Å². The Kier molecular flexibility index (Phi) is 13.1. The Morgan fingerprint density at radius 3 is 1.38 bits per heavy atom. The molecule has 2 aliphatic heterocycles. The number of aromatic nitrogens is 8. The van der Waals surface area contributed by atoms with Gasteiger partial charge in [0.25, 0.3) is 0 Å². The van der Waals surface area contributed by atoms with Gasteiger partial charge in [-0.05, 0) is 11.1 Å². The van der Waals surface area contributed by atoms with Gasteiger partial charge in [-0.25, -0.2) is 43.6 Å². The summed E-state index contributed by atoms with van der Waals surface area (Å²) in [5.74, 6) is 0.0978. The van der Waals surface area contributed by atoms with Crippen LogP contribution >= 0.6 is 23.5 Å². The largest absolute Gasteiger partial charge is 0.490 e. The second kappa shape index (κ2) is 18.4. The highest BCUT2D eigenvalue weighted by Gasteiger charge is 2.50. The third-order valence-corrected chi connectivity index (χ3v) is 14.0. The van der Waals surface area contributed by atoms with Crippen molar-refractivity contribution in [3.63, 3.8) is 0 Å². The predicted octanol–water partition coefficient (Wildman–Crippen LogP) is 1.89. The van der Waals surface area contributed by atoms with Crippen molar-refractivity contribution in [2.24, 2.45) is 0 Å². The molecule has 0 amide bonds. The molecule has 6 heterocycles. The molecule has 0 bridgehead atoms. The first-order valence-corrected chi connectivity index (χ1v) is 23.1. The highest BCUT2D eigenvalue weighted by molar-refractivity contribution is 7.66. The van der Waals surface area contributed by atoms with Crippen LogP contribution in [0.3, 0.4) is 0 Å². The quantitative estimate of drug-likeness (QED) is 0.0605. The van der Waals surface area contributed by atoms with Crippen LogP contribution < -0.4 is 11.5 Å². The molecule has 63 heavy (non-hydrogen) atoms. The van der Waals surface area contributed by atoms with E-state index in [1.54, 1.807) is 60.7 Å². The Bertz CT molecular complexity index is 2510. The smallest absolute Gasteiger partial charge is 0.386 e. The lowest BCUT2D eigenvalue weighted by Crippen LogP contribution is -2.36. The Balaban J connectivity index is 0.921. The average molecular weight is 937 g/mol. The van der Waals surface area contributed by atoms with Gasteiger partial charge in [0.2, 0.25) is 0 Å². The van der Waals surface area contributed by atoms with Gasteiger partial charge in [-0.2, -0.15) is 8.62 Å². The number of aliphatic hydroxyl groups excluding tert-OH is 2. The fourth-order valence-corrected chi connectivity index (χ4v) is 10.4. The first-order valence-electron chi connectivity index (χ1n) is 18.6. The summed E-state index contributed by atoms with van der Waals surface area (Å²) in [6, 6.07) is 17.6. The average Bonchev–Trinajstić information content (AvgIpc) is 4.02. The van der Waals surface area contributed by atoms with Crippen LogP contribution in [0.4, 0.5) is 11.6 Å². The summed E-state index contributed by atoms with van der Waals surface area (Å²) >= 11 is 0. The van der Waals surface area contributed by atoms with Gasteiger partial charge in [0.15, 0.2) is 35.4 Å². The predicted molar refractivity (Wildman–Crippen MR) is 213 cm³/mol. The number of nitrogen functional groups attached to an aromatic ring is 2. The van der Waals surface area contributed by atoms with Crippen molar-refractivity contribution in [2.75, 3.05) is 24.7 Å². The van der Waals surface area contributed by atoms with Crippen molar-refractivity contribution < 1.29 is 75.2 Å². The van der Waals surface area contributed by atoms with Crippen molar-refractivity contribution in [2.45, 2.75) is 62.3 Å². The van der Waals surface area contributed by atoms with E-state index >= 15 is 0 Å². The molecular formula is C34H39N10O16P3. The number of fused-ring (bicyclic) bond motifs is 2. The molecule has 2 aromatic carbocycles. The lowest BCUT2D eigenvalue weighted by Gasteiger charge is -2.23. The Morgan fingerprint density at radius 1 is 0.587 bits per heavy atom. The maximum atomic E-state index is 13.1. The van der Waals surface area contributed by atoms with E-state index in [0.29, 0.717) is 11.1 Å². The summed E-state index contributed by atoms with van der Waals surface area (Å²) in [6.07, 6.45) is -5.81. The lowest BCUT2D eigenvalue weighted by molar-refractivity contribution is -0.0646. The normalized spacial score (nSPS) is 26.7. The van der Waals surface area contributed by atoms with Crippen LogP contribution in [0.5, 0.6) is 0 Å². The number of phosphoric ester groups is 2. The van der Waals surface area contributed by atoms with Crippen LogP contribution in [0.15, 0.2) is 86.0 Å². The first-order chi connectivity index (χ1) is 30.1. The van der Waals surface area contributed by atoms with Crippen LogP contribution in [0.25, 0.3) is 22.3 Å². The lowest BCUT2D eigenvalue weighted by atomic mass is 10.1. The Morgan fingerprint density at radius 2 is 0.984 bits per heavy atom. The molecule has 0 aliphatic carbocycles. The highest BCUT2D eigenvalue weighted by Crippen LogP contribution is 2.68. The molecule has 26 nitrogen and oxygen atoms in total. The molecule has 0 saturated carbocycles. The zero-order valence-corrected chi connectivity index (χ0v) is 35.0. The van der Waals surface area contributed by atoms with Gasteiger partial charge in [0.1, 0.15) is 60.3 Å². The standard InChI is InChI=1S/C34H39N10O16P3/c35-29-23-31(39-15-37-29)43(17-41-23)33-25(45)27(53-11-19-7-3-1-4-8-19)21(57-33)13-55-61(47,48)59-63(51,52)60-62(49,50)56-14-22-28(54-12-20-9-5-2-6-10-20)26(46)34(58-22)44-18-42-24-30(36)38-16-40-32(24)44/h1-10,15-18,21-22,25-28,33-34,45-46H,11-14H2,(H,47,48)(H,49,50)(H,51,52)(H2,35,37,39)(H2,36,38,40)/t21-,22-,25-,26+,27-,28+,33-,34+/m1/s1. The third-order valence-electron chi connectivity index (χ3n) is 9.73. The second-order valence-corrected chi connectivity index (χ2v) is 18.6. The van der Waals surface area contributed by atoms with Crippen molar-refractivity contribution in [3.05, 3.63) is 97.1 Å². The van der Waals surface area contributed by atoms with E-state index in [2.05, 4.69) is 38.5 Å². The number of benzene rings is 2. The van der Waals surface area contributed by atoms with Gasteiger partial charge in [-0.15, -0.1) is 0 Å². The van der Waals surface area contributed by atoms with E-state index in [4.69, 9.17) is 39.5 Å². The van der Waals surface area contributed by atoms with Crippen molar-refractivity contribution in [1.82, 2.24) is 39.0 Å². The van der Waals surface area contributed by atoms with E-state index in [1.807, 2.05) is 0 Å². The maximum Gasteiger partial charge on any atom is 0.490 e. The van der Waals surface area contributed by atoms with Crippen molar-refractivity contribution in [3.8, 4) is 0 Å². The number of imidazole rings is 2. The van der Waals surface area contributed by atoms with Crippen LogP contribution in [0.1, 0.15) is 23.6 Å². The van der Waals surface area contributed by atoms with E-state index < -0.39 is 85.8 Å². The van der Waals surface area contributed by atoms with Crippen LogP contribution in [0.2, 0.25) is 0 Å². The zero-order valence-electron chi connectivity index (χ0n) is 32.3. The molecule has 11 atom stereocenters. The van der Waals surface area contributed by atoms with Gasteiger partial charge in [0, 0.05) is 0 Å². The number of nitrogens with zero attached hydrogens (tertiary/aromatic N) is 8. The van der Waals surface area contributed by atoms with Crippen LogP contribution in [-0.4, -0.2) is 114 Å². The minimum absolute atomic E-state index is 0.0489. The number of aliphatic hydroxyl groups is 2. The topological polar surface area (TPSA) is 365 Å². The van der Waals surface area contributed by atoms with E-state index in [0.717, 1.165) is 0 Å². The maximum absolute atomic E-state index is 13.1. The van der Waals surface area contributed by atoms with E-state index in [9.17, 15) is 38.6 Å². The summed E-state index contributed by atoms with van der Waals surface area (Å²) in [4.78, 5) is 55.8. The molecule has 9 N–H and O–H groups in total. The molecule has 2 fully saturated rings. The molecule has 8 rings (SSSR count). The number of anilines is 2. The summed E-state index contributed by atoms with van der Waals surface area (Å²) < 4.78 is 84.2. The fraction of sp³-hybridized carbons (Fsp3) is 0.353. The third kappa shape index (κ3) is 10.2. The summed E-state index contributed by atoms with van der Waals surface area (Å²) in [5, 5.41) is 22.8. The summed E-state index contributed by atoms with van der Waals surface area (Å²) in [5.41, 5.74) is 14.0. The first kappa shape index (κ1) is 44.9. The van der Waals surface area contributed by atoms with Gasteiger partial charge in [-0.3, -0.25) is 18.2 Å². The number of rotatable bonds is 18. The van der Waals surface area contributed by atoms with Gasteiger partial charge in [0.05, 0.1) is 39.1 Å². The number of hydrogen-bond acceptors (Lipinski definition) is 21. The van der Waals surface area contributed by atoms with Gasteiger partial charge < -0.3 is 55.3 Å². The number of nitrogens with two attached hydrogens (primary N) is 2. The zero-order chi connectivity index (χ0) is 44.5. The molecule has 4 aromatic heterocycles. The van der Waals surface area contributed by atoms with Crippen molar-refractivity contribution in [1.29, 1.82) is 0 Å². The molecule has 336 valence electrons. The second-order valence-electron chi connectivity index (χ2n) is 14.0. The monoisotopic (exact) mass is 936 g/mol. The SMILES string of the molecule is Nc1ncnc2c1ncn2[C@@H]1O[C@H](COP(=O)(O)OP(=O)(O)OP(=O)(O)OC[C@H]2O[C@H](n3cnc4c(N)ncnc43)[C@@H](O)[C@H]2OCc2ccccc2)[C@@H](OCc2ccccc2)[C@H]1O. The number of ether oxygens (including phenoxy) is 4. The minimum Gasteiger partial charge on any atom is -0.386 e. The van der Waals surface area contributed by atoms with Crippen LogP contribution in [-0.2, 0) is 63.5 Å². The molecule has 0 radical (unpaired) electrons. The summed E-state index contributed by atoms with van der Waals surface area (Å²) in [6.45, 7) is -1.92. The Hall–Kier alpha value is -4.69. The van der Waals surface area contributed by atoms with Crippen LogP contribution in [0, 0.1) is 0 Å². The number of hydrogen-bond donors (Lipinski definition) is 7.